The van der Waals surface area contributed by atoms with Gasteiger partial charge in [-0.25, -0.2) is 0 Å². The SMILES string of the molecule is CCC(C)Oc1ccc(PC(=O)c2c(C(F)(F)F)cccc2C(F)(F)F)c(OC(C)CC)c1.[Li+]. The van der Waals surface area contributed by atoms with Crippen LogP contribution in [0.2, 0.25) is 0 Å². The largest absolute Gasteiger partial charge is 1.00 e. The third-order valence-corrected chi connectivity index (χ3v) is 6.08. The van der Waals surface area contributed by atoms with Crippen molar-refractivity contribution >= 4 is 19.4 Å². The van der Waals surface area contributed by atoms with Crippen molar-refractivity contribution in [1.29, 1.82) is 0 Å². The molecule has 0 amide bonds. The smallest absolute Gasteiger partial charge is 0.491 e. The number of carbonyl (C=O) groups is 1. The Kier molecular flexibility index (Phi) is 11.0. The van der Waals surface area contributed by atoms with Crippen LogP contribution in [0.15, 0.2) is 36.4 Å². The van der Waals surface area contributed by atoms with Gasteiger partial charge in [-0.3, -0.25) is 4.79 Å². The zero-order chi connectivity index (χ0) is 25.0. The molecule has 11 heteroatoms. The van der Waals surface area contributed by atoms with Gasteiger partial charge in [0, 0.05) is 16.9 Å². The van der Waals surface area contributed by atoms with Crippen molar-refractivity contribution in [3.63, 3.8) is 0 Å². The Labute approximate surface area is 208 Å². The average molecular weight is 501 g/mol. The number of halogens is 6. The van der Waals surface area contributed by atoms with Gasteiger partial charge in [0.1, 0.15) is 11.5 Å². The van der Waals surface area contributed by atoms with Crippen LogP contribution in [0.3, 0.4) is 0 Å². The van der Waals surface area contributed by atoms with Gasteiger partial charge in [0.2, 0.25) is 0 Å². The summed E-state index contributed by atoms with van der Waals surface area (Å²) >= 11 is 0. The minimum Gasteiger partial charge on any atom is -0.491 e. The zero-order valence-corrected chi connectivity index (χ0v) is 20.5. The monoisotopic (exact) mass is 501 g/mol. The summed E-state index contributed by atoms with van der Waals surface area (Å²) in [5.74, 6) is 0.616. The van der Waals surface area contributed by atoms with Crippen molar-refractivity contribution in [1.82, 2.24) is 0 Å². The molecule has 2 aromatic carbocycles. The summed E-state index contributed by atoms with van der Waals surface area (Å²) in [5.41, 5.74) is -5.89. The minimum atomic E-state index is -5.12. The second-order valence-corrected chi connectivity index (χ2v) is 8.75. The van der Waals surface area contributed by atoms with Crippen LogP contribution in [0.4, 0.5) is 26.3 Å². The first-order chi connectivity index (χ1) is 15.3. The number of benzene rings is 2. The molecule has 0 saturated heterocycles. The molecule has 0 aromatic heterocycles. The van der Waals surface area contributed by atoms with E-state index in [0.29, 0.717) is 30.4 Å². The number of alkyl halides is 6. The van der Waals surface area contributed by atoms with E-state index >= 15 is 0 Å². The van der Waals surface area contributed by atoms with E-state index in [-0.39, 0.29) is 42.1 Å². The molecule has 0 spiro atoms. The molecule has 3 unspecified atom stereocenters. The van der Waals surface area contributed by atoms with Gasteiger partial charge < -0.3 is 9.47 Å². The Hall–Kier alpha value is -1.68. The van der Waals surface area contributed by atoms with E-state index in [0.717, 1.165) is 6.42 Å². The molecule has 0 heterocycles. The van der Waals surface area contributed by atoms with Crippen LogP contribution in [-0.2, 0) is 12.4 Å². The number of rotatable bonds is 9. The number of ether oxygens (including phenoxy) is 2. The molecule has 0 radical (unpaired) electrons. The Morgan fingerprint density at radius 2 is 1.38 bits per heavy atom. The molecule has 0 aliphatic heterocycles. The van der Waals surface area contributed by atoms with E-state index in [9.17, 15) is 31.1 Å². The van der Waals surface area contributed by atoms with Gasteiger partial charge >= 0.3 is 31.2 Å². The fraction of sp³-hybridized carbons (Fsp3) is 0.435. The normalized spacial score (nSPS) is 13.9. The summed E-state index contributed by atoms with van der Waals surface area (Å²) < 4.78 is 92.3. The van der Waals surface area contributed by atoms with Crippen molar-refractivity contribution in [2.75, 3.05) is 0 Å². The molecule has 0 bridgehead atoms. The Balaban J connectivity index is 0.00000578. The molecule has 182 valence electrons. The van der Waals surface area contributed by atoms with Crippen LogP contribution in [-0.4, -0.2) is 17.7 Å². The van der Waals surface area contributed by atoms with Gasteiger partial charge in [0.05, 0.1) is 23.3 Å². The quantitative estimate of drug-likeness (QED) is 0.293. The summed E-state index contributed by atoms with van der Waals surface area (Å²) in [6.07, 6.45) is -9.35. The molecule has 0 aliphatic carbocycles. The van der Waals surface area contributed by atoms with E-state index in [1.54, 1.807) is 6.92 Å². The first-order valence-electron chi connectivity index (χ1n) is 10.3. The summed E-state index contributed by atoms with van der Waals surface area (Å²) in [6.45, 7) is 7.39. The summed E-state index contributed by atoms with van der Waals surface area (Å²) in [5, 5.41) is 0.196. The Bertz CT molecular complexity index is 946. The van der Waals surface area contributed by atoms with Gasteiger partial charge in [-0.05, 0) is 59.5 Å². The molecule has 0 saturated carbocycles. The number of carbonyl (C=O) groups excluding carboxylic acids is 1. The second-order valence-electron chi connectivity index (χ2n) is 7.51. The summed E-state index contributed by atoms with van der Waals surface area (Å²) in [6, 6.07) is 6.07. The van der Waals surface area contributed by atoms with Crippen molar-refractivity contribution in [2.45, 2.75) is 65.1 Å². The summed E-state index contributed by atoms with van der Waals surface area (Å²) in [7, 11) is -1.02. The van der Waals surface area contributed by atoms with E-state index in [4.69, 9.17) is 9.47 Å². The average Bonchev–Trinajstić information content (AvgIpc) is 2.73. The molecule has 0 N–H and O–H groups in total. The molecule has 0 aliphatic rings. The van der Waals surface area contributed by atoms with Crippen LogP contribution >= 0.6 is 8.58 Å². The molecule has 3 nitrogen and oxygen atoms in total. The predicted octanol–water partition coefficient (Wildman–Crippen LogP) is 4.23. The number of hydrogen-bond donors (Lipinski definition) is 0. The maximum atomic E-state index is 13.5. The van der Waals surface area contributed by atoms with Gasteiger partial charge in [-0.1, -0.05) is 19.9 Å². The first-order valence-corrected chi connectivity index (χ1v) is 11.3. The van der Waals surface area contributed by atoms with Crippen molar-refractivity contribution in [3.05, 3.63) is 53.1 Å². The maximum Gasteiger partial charge on any atom is 1.00 e. The van der Waals surface area contributed by atoms with E-state index in [2.05, 4.69) is 0 Å². The third-order valence-electron chi connectivity index (χ3n) is 4.92. The van der Waals surface area contributed by atoms with Gasteiger partial charge in [0.25, 0.3) is 0 Å². The topological polar surface area (TPSA) is 35.5 Å². The van der Waals surface area contributed by atoms with Crippen molar-refractivity contribution in [2.24, 2.45) is 0 Å². The van der Waals surface area contributed by atoms with Gasteiger partial charge in [-0.15, -0.1) is 0 Å². The fourth-order valence-corrected chi connectivity index (χ4v) is 3.91. The van der Waals surface area contributed by atoms with E-state index < -0.39 is 43.1 Å². The maximum absolute atomic E-state index is 13.5. The molecule has 2 aromatic rings. The van der Waals surface area contributed by atoms with Crippen LogP contribution in [0.1, 0.15) is 62.0 Å². The molecule has 3 atom stereocenters. The number of hydrogen-bond acceptors (Lipinski definition) is 3. The predicted molar refractivity (Wildman–Crippen MR) is 116 cm³/mol. The summed E-state index contributed by atoms with van der Waals surface area (Å²) in [4.78, 5) is 12.9. The van der Waals surface area contributed by atoms with Crippen LogP contribution in [0.5, 0.6) is 11.5 Å². The minimum absolute atomic E-state index is 0. The van der Waals surface area contributed by atoms with Gasteiger partial charge in [0.15, 0.2) is 5.52 Å². The van der Waals surface area contributed by atoms with Crippen molar-refractivity contribution < 1.29 is 59.5 Å². The Morgan fingerprint density at radius 1 is 0.882 bits per heavy atom. The fourth-order valence-electron chi connectivity index (χ4n) is 2.85. The zero-order valence-electron chi connectivity index (χ0n) is 19.5. The standard InChI is InChI=1S/C23H25F6O3P.Li/c1-5-13(3)31-15-10-11-19(18(12-15)32-14(4)6-2)33-21(30)20-16(22(24,25)26)8-7-9-17(20)23(27,28)29;/h7-14,33H,5-6H2,1-4H3;/q;+1. The molecular formula is C23H25F6LiO3P+. The van der Waals surface area contributed by atoms with E-state index in [1.165, 1.54) is 18.2 Å². The second kappa shape index (κ2) is 12.3. The van der Waals surface area contributed by atoms with Crippen molar-refractivity contribution in [3.8, 4) is 11.5 Å². The molecule has 34 heavy (non-hydrogen) atoms. The first kappa shape index (κ1) is 30.3. The third kappa shape index (κ3) is 7.93. The Morgan fingerprint density at radius 3 is 1.85 bits per heavy atom. The van der Waals surface area contributed by atoms with E-state index in [1.807, 2.05) is 20.8 Å². The van der Waals surface area contributed by atoms with Gasteiger partial charge in [-0.2, -0.15) is 26.3 Å². The molecule has 0 fully saturated rings. The molecular weight excluding hydrogens is 476 g/mol. The van der Waals surface area contributed by atoms with Crippen LogP contribution < -0.4 is 33.6 Å². The molecule has 2 rings (SSSR count). The van der Waals surface area contributed by atoms with Crippen LogP contribution in [0.25, 0.3) is 0 Å². The van der Waals surface area contributed by atoms with Crippen LogP contribution in [0, 0.1) is 0 Å².